The van der Waals surface area contributed by atoms with Crippen LogP contribution in [0.2, 0.25) is 47.2 Å². The second kappa shape index (κ2) is 1.75. The summed E-state index contributed by atoms with van der Waals surface area (Å²) in [4.78, 5) is 44.9. The quantitative estimate of drug-likeness (QED) is 0.313. The van der Waals surface area contributed by atoms with E-state index in [0.717, 1.165) is 51.4 Å². The molecule has 1 N–H and O–H groups in total. The van der Waals surface area contributed by atoms with Crippen molar-refractivity contribution < 1.29 is 26.0 Å². The van der Waals surface area contributed by atoms with Crippen molar-refractivity contribution in [3.05, 3.63) is 0 Å². The number of unbranched alkanes of at least 4 members (excludes halogenated alkanes) is 5. The third kappa shape index (κ3) is 0.239. The van der Waals surface area contributed by atoms with Gasteiger partial charge in [0.15, 0.2) is 0 Å². The van der Waals surface area contributed by atoms with Gasteiger partial charge in [-0.15, -0.1) is 0 Å². The van der Waals surface area contributed by atoms with Gasteiger partial charge in [-0.2, -0.15) is 0 Å². The average molecular weight is 426 g/mol. The molecule has 0 bridgehead atoms. The molecule has 10 saturated heterocycles. The van der Waals surface area contributed by atoms with Crippen molar-refractivity contribution in [1.29, 1.82) is 0 Å². The number of carbonyl (C=O) groups excluding carboxylic acids is 2. The van der Waals surface area contributed by atoms with E-state index in [-0.39, 0.29) is 21.5 Å². The molecular formula is C23H30FeO4. The number of carboxylic acid groups (broad SMARTS) is 1. The van der Waals surface area contributed by atoms with Crippen molar-refractivity contribution in [1.82, 2.24) is 0 Å². The van der Waals surface area contributed by atoms with Crippen LogP contribution in [0.4, 0.5) is 0 Å². The fourth-order valence-electron chi connectivity index (χ4n) is 19.7. The third-order valence-corrected chi connectivity index (χ3v) is 60.8. The van der Waals surface area contributed by atoms with E-state index in [4.69, 9.17) is 5.11 Å². The molecule has 0 aromatic carbocycles. The third-order valence-electron chi connectivity index (χ3n) is 18.0. The summed E-state index contributed by atoms with van der Waals surface area (Å²) in [5, 5.41) is 9.11. The van der Waals surface area contributed by atoms with Gasteiger partial charge in [0.1, 0.15) is 0 Å². The Kier molecular flexibility index (Phi) is 0.896. The number of fused-ring (bicyclic) bond motifs is 10. The Morgan fingerprint density at radius 1 is 0.714 bits per heavy atom. The minimum atomic E-state index is -4.04. The number of Topliss-reactive ketones (excluding diaryl/α,β-unsaturated/α-hetero) is 2. The maximum absolute atomic E-state index is 13.8. The summed E-state index contributed by atoms with van der Waals surface area (Å²) < 4.78 is 0.122. The summed E-state index contributed by atoms with van der Waals surface area (Å²) in [7, 11) is 0. The van der Waals surface area contributed by atoms with Crippen LogP contribution in [0.15, 0.2) is 0 Å². The Labute approximate surface area is 155 Å². The van der Waals surface area contributed by atoms with E-state index in [1.165, 1.54) is 32.1 Å². The van der Waals surface area contributed by atoms with Gasteiger partial charge in [0, 0.05) is 0 Å². The number of carbonyl (C=O) groups is 3. The summed E-state index contributed by atoms with van der Waals surface area (Å²) in [6.07, 6.45) is 8.44. The molecule has 0 aromatic rings. The van der Waals surface area contributed by atoms with Gasteiger partial charge >= 0.3 is 155 Å². The molecule has 10 heterocycles. The molecule has 28 heavy (non-hydrogen) atoms. The van der Waals surface area contributed by atoms with E-state index in [0.29, 0.717) is 11.6 Å². The van der Waals surface area contributed by atoms with E-state index in [1.807, 2.05) is 0 Å². The van der Waals surface area contributed by atoms with Crippen LogP contribution in [0.1, 0.15) is 64.7 Å². The number of hydrogen-bond acceptors (Lipinski definition) is 3. The Morgan fingerprint density at radius 2 is 1.18 bits per heavy atom. The van der Waals surface area contributed by atoms with Crippen molar-refractivity contribution in [2.45, 2.75) is 112 Å². The molecule has 0 amide bonds. The molecule has 10 fully saturated rings. The SMILES string of the molecule is CCCCCCCCC(=O)[C]12[CH]3[CH]4[CH]5[CH]1[Fe]45321678[CH]2[CH]1[CH]6[C]7(C(=O)CCC(=O)O)[CH]28. The van der Waals surface area contributed by atoms with Crippen LogP contribution in [-0.2, 0) is 20.9 Å². The molecule has 154 valence electrons. The molecular weight excluding hydrogens is 396 g/mol. The Hall–Kier alpha value is -0.671. The van der Waals surface area contributed by atoms with E-state index in [9.17, 15) is 14.4 Å². The first-order chi connectivity index (χ1) is 13.3. The fourth-order valence-corrected chi connectivity index (χ4v) is 95.8. The fraction of sp³-hybridized carbons (Fsp3) is 0.870. The van der Waals surface area contributed by atoms with Crippen LogP contribution >= 0.6 is 0 Å². The molecule has 10 rings (SSSR count). The van der Waals surface area contributed by atoms with Crippen LogP contribution in [0.25, 0.3) is 0 Å². The monoisotopic (exact) mass is 426 g/mol. The summed E-state index contributed by atoms with van der Waals surface area (Å²) in [5.74, 6) is 0.155. The van der Waals surface area contributed by atoms with Gasteiger partial charge in [-0.25, -0.2) is 0 Å². The van der Waals surface area contributed by atoms with Gasteiger partial charge in [0.25, 0.3) is 0 Å². The Balaban J connectivity index is 1.02. The van der Waals surface area contributed by atoms with Gasteiger partial charge in [-0.1, -0.05) is 0 Å². The van der Waals surface area contributed by atoms with E-state index >= 15 is 0 Å². The average Bonchev–Trinajstić information content (AvgIpc) is 3.61. The number of carboxylic acids is 1. The van der Waals surface area contributed by atoms with E-state index in [2.05, 4.69) is 6.92 Å². The summed E-state index contributed by atoms with van der Waals surface area (Å²) in [5.41, 5.74) is 0. The second-order valence-electron chi connectivity index (χ2n) is 14.0. The molecule has 0 radical (unpaired) electrons. The zero-order valence-corrected chi connectivity index (χ0v) is 17.6. The van der Waals surface area contributed by atoms with Gasteiger partial charge in [-0.05, 0) is 0 Å². The first kappa shape index (κ1) is 14.4. The van der Waals surface area contributed by atoms with Crippen molar-refractivity contribution in [3.63, 3.8) is 0 Å². The zero-order chi connectivity index (χ0) is 19.0. The number of aliphatic carboxylic acids is 1. The van der Waals surface area contributed by atoms with Gasteiger partial charge in [0.2, 0.25) is 0 Å². The molecule has 10 aliphatic rings. The zero-order valence-electron chi connectivity index (χ0n) is 16.5. The van der Waals surface area contributed by atoms with Crippen LogP contribution in [0.5, 0.6) is 0 Å². The summed E-state index contributed by atoms with van der Waals surface area (Å²) in [6.45, 7) is -1.80. The van der Waals surface area contributed by atoms with Crippen LogP contribution in [-0.4, -0.2) is 22.6 Å². The summed E-state index contributed by atoms with van der Waals surface area (Å²) >= 11 is 0. The standard InChI is InChI=1S/C14H21O.C9H9O3.Fe/c1-2-3-4-5-6-7-12-14(15)13-10-8-9-11-13;10-8(5-6-9(11)12)7-3-1-2-4-7;/h8-11H,2-7,12H2,1H3;1-4H,5-6H2,(H,11,12);. The molecule has 1 spiro atoms. The topological polar surface area (TPSA) is 71.4 Å². The first-order valence-corrected chi connectivity index (χ1v) is 17.9. The van der Waals surface area contributed by atoms with E-state index in [1.54, 1.807) is 0 Å². The van der Waals surface area contributed by atoms with Crippen molar-refractivity contribution in [2.75, 3.05) is 0 Å². The Bertz CT molecular complexity index is 1340. The maximum atomic E-state index is 13.8. The molecule has 8 atom stereocenters. The molecule has 10 aliphatic heterocycles. The second-order valence-corrected chi connectivity index (χ2v) is 37.2. The van der Waals surface area contributed by atoms with E-state index < -0.39 is 12.5 Å². The molecule has 0 aromatic heterocycles. The van der Waals surface area contributed by atoms with Crippen molar-refractivity contribution in [3.8, 4) is 0 Å². The van der Waals surface area contributed by atoms with Crippen LogP contribution in [0, 0.1) is 0 Å². The molecule has 8 unspecified atom stereocenters. The minimum absolute atomic E-state index is 0.000631. The molecule has 4 nitrogen and oxygen atoms in total. The number of hydrogen-bond donors (Lipinski definition) is 1. The van der Waals surface area contributed by atoms with Crippen LogP contribution in [0.3, 0.4) is 0 Å². The summed E-state index contributed by atoms with van der Waals surface area (Å²) in [6, 6.07) is 0. The Morgan fingerprint density at radius 3 is 1.64 bits per heavy atom. The molecule has 0 aliphatic carbocycles. The number of ketones is 2. The number of rotatable bonds is 12. The predicted molar refractivity (Wildman–Crippen MR) is 100 cm³/mol. The molecule has 0 saturated carbocycles. The normalized spacial score (nSPS) is 79.3. The molecule has 5 heteroatoms. The van der Waals surface area contributed by atoms with Gasteiger partial charge in [0.05, 0.1) is 0 Å². The van der Waals surface area contributed by atoms with Crippen molar-refractivity contribution in [2.24, 2.45) is 0 Å². The first-order valence-electron chi connectivity index (χ1n) is 11.7. The predicted octanol–water partition coefficient (Wildman–Crippen LogP) is 5.87. The van der Waals surface area contributed by atoms with Crippen molar-refractivity contribution >= 4 is 17.5 Å². The van der Waals surface area contributed by atoms with Crippen LogP contribution < -0.4 is 0 Å². The van der Waals surface area contributed by atoms with Gasteiger partial charge in [-0.3, -0.25) is 0 Å². The van der Waals surface area contributed by atoms with Gasteiger partial charge < -0.3 is 0 Å².